The van der Waals surface area contributed by atoms with Gasteiger partial charge in [-0.1, -0.05) is 36.4 Å². The van der Waals surface area contributed by atoms with E-state index in [2.05, 4.69) is 61.6 Å². The maximum Gasteiger partial charge on any atom is 0.0234 e. The molecule has 3 rings (SSSR count). The fraction of sp³-hybridized carbons (Fsp3) is 0.368. The van der Waals surface area contributed by atoms with E-state index in [-0.39, 0.29) is 0 Å². The molecule has 0 aromatic heterocycles. The first-order chi connectivity index (χ1) is 10.2. The Labute approximate surface area is 132 Å². The average molecular weight is 297 g/mol. The Bertz CT molecular complexity index is 617. The Hall–Kier alpha value is -1.25. The molecule has 21 heavy (non-hydrogen) atoms. The smallest absolute Gasteiger partial charge is 0.0234 e. The third-order valence-electron chi connectivity index (χ3n) is 4.06. The highest BCUT2D eigenvalue weighted by Crippen LogP contribution is 2.28. The number of aryl methyl sites for hydroxylation is 2. The minimum Gasteiger partial charge on any atom is -0.310 e. The molecular formula is C19H23NS. The number of hydrogen-bond acceptors (Lipinski definition) is 2. The molecule has 0 amide bonds. The van der Waals surface area contributed by atoms with E-state index in [1.165, 1.54) is 40.0 Å². The van der Waals surface area contributed by atoms with E-state index in [4.69, 9.17) is 0 Å². The van der Waals surface area contributed by atoms with E-state index < -0.39 is 0 Å². The van der Waals surface area contributed by atoms with Crippen LogP contribution in [0.25, 0.3) is 0 Å². The molecule has 1 N–H and O–H groups in total. The normalized spacial score (nSPS) is 14.4. The number of nitrogens with one attached hydrogen (secondary N) is 1. The van der Waals surface area contributed by atoms with E-state index in [1.807, 2.05) is 11.8 Å². The first-order valence-electron chi connectivity index (χ1n) is 7.72. The highest BCUT2D eigenvalue weighted by Gasteiger charge is 2.19. The molecule has 0 spiro atoms. The Kier molecular flexibility index (Phi) is 4.67. The summed E-state index contributed by atoms with van der Waals surface area (Å²) in [6, 6.07) is 16.3. The summed E-state index contributed by atoms with van der Waals surface area (Å²) in [6.45, 7) is 5.42. The Morgan fingerprint density at radius 2 is 1.86 bits per heavy atom. The molecule has 1 nitrogen and oxygen atoms in total. The van der Waals surface area contributed by atoms with Crippen LogP contribution >= 0.6 is 11.8 Å². The van der Waals surface area contributed by atoms with Crippen LogP contribution in [0.1, 0.15) is 35.1 Å². The summed E-state index contributed by atoms with van der Waals surface area (Å²) in [5.41, 5.74) is 5.61. The maximum absolute atomic E-state index is 3.58. The first kappa shape index (κ1) is 14.7. The molecule has 1 aliphatic carbocycles. The van der Waals surface area contributed by atoms with Crippen LogP contribution in [-0.4, -0.2) is 6.04 Å². The van der Waals surface area contributed by atoms with Gasteiger partial charge in [-0.3, -0.25) is 0 Å². The van der Waals surface area contributed by atoms with Gasteiger partial charge in [0.15, 0.2) is 0 Å². The Morgan fingerprint density at radius 3 is 2.57 bits per heavy atom. The van der Waals surface area contributed by atoms with E-state index >= 15 is 0 Å². The monoisotopic (exact) mass is 297 g/mol. The van der Waals surface area contributed by atoms with Crippen molar-refractivity contribution in [2.45, 2.75) is 49.9 Å². The second-order valence-electron chi connectivity index (χ2n) is 5.97. The lowest BCUT2D eigenvalue weighted by Gasteiger charge is -2.10. The second kappa shape index (κ2) is 6.67. The third-order valence-corrected chi connectivity index (χ3v) is 5.28. The van der Waals surface area contributed by atoms with Gasteiger partial charge in [0.05, 0.1) is 0 Å². The van der Waals surface area contributed by atoms with Crippen molar-refractivity contribution >= 4 is 11.8 Å². The largest absolute Gasteiger partial charge is 0.310 e. The van der Waals surface area contributed by atoms with Gasteiger partial charge >= 0.3 is 0 Å². The van der Waals surface area contributed by atoms with Crippen LogP contribution in [0.3, 0.4) is 0 Å². The molecule has 2 aromatic carbocycles. The zero-order chi connectivity index (χ0) is 14.7. The van der Waals surface area contributed by atoms with E-state index in [0.29, 0.717) is 0 Å². The molecule has 1 aliphatic rings. The lowest BCUT2D eigenvalue weighted by atomic mass is 10.1. The predicted molar refractivity (Wildman–Crippen MR) is 91.8 cm³/mol. The van der Waals surface area contributed by atoms with Gasteiger partial charge in [0.2, 0.25) is 0 Å². The van der Waals surface area contributed by atoms with Crippen molar-refractivity contribution in [1.29, 1.82) is 0 Å². The third kappa shape index (κ3) is 4.12. The fourth-order valence-corrected chi connectivity index (χ4v) is 3.55. The van der Waals surface area contributed by atoms with Gasteiger partial charge in [-0.05, 0) is 55.0 Å². The second-order valence-corrected chi connectivity index (χ2v) is 6.99. The molecule has 0 atom stereocenters. The minimum absolute atomic E-state index is 0.778. The highest BCUT2D eigenvalue weighted by molar-refractivity contribution is 7.98. The number of thioether (sulfide) groups is 1. The zero-order valence-electron chi connectivity index (χ0n) is 12.9. The van der Waals surface area contributed by atoms with Gasteiger partial charge in [0.1, 0.15) is 0 Å². The molecule has 2 aromatic rings. The van der Waals surface area contributed by atoms with Crippen LogP contribution in [0.15, 0.2) is 47.4 Å². The van der Waals surface area contributed by atoms with Crippen molar-refractivity contribution in [2.75, 3.05) is 0 Å². The summed E-state index contributed by atoms with van der Waals surface area (Å²) in [6.07, 6.45) is 2.70. The summed E-state index contributed by atoms with van der Waals surface area (Å²) in [5.74, 6) is 1.05. The Balaban J connectivity index is 1.61. The molecule has 0 radical (unpaired) electrons. The van der Waals surface area contributed by atoms with Crippen molar-refractivity contribution in [3.63, 3.8) is 0 Å². The van der Waals surface area contributed by atoms with Crippen LogP contribution in [0.2, 0.25) is 0 Å². The number of rotatable bonds is 6. The summed E-state index contributed by atoms with van der Waals surface area (Å²) < 4.78 is 0. The maximum atomic E-state index is 3.58. The average Bonchev–Trinajstić information content (AvgIpc) is 3.30. The molecular weight excluding hydrogens is 274 g/mol. The van der Waals surface area contributed by atoms with Crippen LogP contribution in [0, 0.1) is 13.8 Å². The summed E-state index contributed by atoms with van der Waals surface area (Å²) in [7, 11) is 0. The molecule has 1 saturated carbocycles. The molecule has 0 aliphatic heterocycles. The first-order valence-corrected chi connectivity index (χ1v) is 8.71. The zero-order valence-corrected chi connectivity index (χ0v) is 13.7. The lowest BCUT2D eigenvalue weighted by molar-refractivity contribution is 0.687. The van der Waals surface area contributed by atoms with Gasteiger partial charge < -0.3 is 5.32 Å². The summed E-state index contributed by atoms with van der Waals surface area (Å²) >= 11 is 1.94. The molecule has 2 heteroatoms. The van der Waals surface area contributed by atoms with Crippen molar-refractivity contribution in [2.24, 2.45) is 0 Å². The summed E-state index contributed by atoms with van der Waals surface area (Å²) in [5, 5.41) is 3.58. The summed E-state index contributed by atoms with van der Waals surface area (Å²) in [4.78, 5) is 1.40. The van der Waals surface area contributed by atoms with Gasteiger partial charge in [-0.2, -0.15) is 0 Å². The van der Waals surface area contributed by atoms with E-state index in [0.717, 1.165) is 18.3 Å². The molecule has 0 heterocycles. The molecule has 1 fully saturated rings. The van der Waals surface area contributed by atoms with Gasteiger partial charge in [-0.15, -0.1) is 11.8 Å². The fourth-order valence-electron chi connectivity index (χ4n) is 2.46. The molecule has 0 bridgehead atoms. The van der Waals surface area contributed by atoms with Crippen molar-refractivity contribution < 1.29 is 0 Å². The van der Waals surface area contributed by atoms with E-state index in [9.17, 15) is 0 Å². The van der Waals surface area contributed by atoms with Crippen LogP contribution in [0.5, 0.6) is 0 Å². The quantitative estimate of drug-likeness (QED) is 0.765. The Morgan fingerprint density at radius 1 is 1.05 bits per heavy atom. The van der Waals surface area contributed by atoms with Crippen molar-refractivity contribution in [3.8, 4) is 0 Å². The standard InChI is InChI=1S/C19H23NS/c1-14-5-3-4-6-17(14)13-21-19-10-7-16(11-15(19)2)12-20-18-8-9-18/h3-7,10-11,18,20H,8-9,12-13H2,1-2H3. The molecule has 110 valence electrons. The molecule has 0 saturated heterocycles. The van der Waals surface area contributed by atoms with Crippen molar-refractivity contribution in [3.05, 3.63) is 64.7 Å². The highest BCUT2D eigenvalue weighted by atomic mass is 32.2. The van der Waals surface area contributed by atoms with E-state index in [1.54, 1.807) is 0 Å². The predicted octanol–water partition coefficient (Wildman–Crippen LogP) is 4.85. The SMILES string of the molecule is Cc1ccccc1CSc1ccc(CNC2CC2)cc1C. The van der Waals surface area contributed by atoms with Crippen molar-refractivity contribution in [1.82, 2.24) is 5.32 Å². The van der Waals surface area contributed by atoms with Gasteiger partial charge in [0, 0.05) is 23.2 Å². The topological polar surface area (TPSA) is 12.0 Å². The minimum atomic E-state index is 0.778. The van der Waals surface area contributed by atoms with Crippen LogP contribution < -0.4 is 5.32 Å². The van der Waals surface area contributed by atoms with Crippen LogP contribution in [-0.2, 0) is 12.3 Å². The molecule has 0 unspecified atom stereocenters. The number of benzene rings is 2. The number of hydrogen-bond donors (Lipinski definition) is 1. The lowest BCUT2D eigenvalue weighted by Crippen LogP contribution is -2.15. The van der Waals surface area contributed by atoms with Gasteiger partial charge in [-0.25, -0.2) is 0 Å². The van der Waals surface area contributed by atoms with Gasteiger partial charge in [0.25, 0.3) is 0 Å². The van der Waals surface area contributed by atoms with Crippen LogP contribution in [0.4, 0.5) is 0 Å².